The number of aromatic amines is 1. The fourth-order valence-corrected chi connectivity index (χ4v) is 15.9. The van der Waals surface area contributed by atoms with Crippen LogP contribution in [0.25, 0.3) is 10.9 Å². The molecule has 12 atom stereocenters. The monoisotopic (exact) mass is 2050 g/mol. The third kappa shape index (κ3) is 48.4. The van der Waals surface area contributed by atoms with Crippen molar-refractivity contribution in [1.82, 2.24) is 100.0 Å². The minimum Gasteiger partial charge on any atom is -0.480 e. The first kappa shape index (κ1) is 122. The molecule has 33 N–H and O–H groups in total. The molecule has 2 fully saturated rings. The van der Waals surface area contributed by atoms with Gasteiger partial charge in [0.25, 0.3) is 0 Å². The number of aromatic nitrogens is 1. The van der Waals surface area contributed by atoms with Crippen LogP contribution in [-0.2, 0) is 113 Å². The van der Waals surface area contributed by atoms with Crippen LogP contribution in [0.2, 0.25) is 0 Å². The fraction of sp³-hybridized carbons (Fsp3) is 0.624. The number of primary amides is 2. The van der Waals surface area contributed by atoms with Crippen LogP contribution in [0.1, 0.15) is 198 Å². The molecule has 5 rings (SSSR count). The lowest BCUT2D eigenvalue weighted by atomic mass is 10.0. The number of carboxylic acids is 2. The Balaban J connectivity index is 1.30. The van der Waals surface area contributed by atoms with E-state index in [1.807, 2.05) is 0 Å². The average molecular weight is 2050 g/mol. The summed E-state index contributed by atoms with van der Waals surface area (Å²) in [5.41, 5.74) is 21.1. The van der Waals surface area contributed by atoms with Gasteiger partial charge in [0.2, 0.25) is 100 Å². The van der Waals surface area contributed by atoms with Crippen molar-refractivity contribution in [2.75, 3.05) is 98.5 Å². The van der Waals surface area contributed by atoms with Crippen LogP contribution in [0.4, 0.5) is 0 Å². The number of hydrogen-bond acceptors (Lipinski definition) is 29. The molecule has 0 unspecified atom stereocenters. The van der Waals surface area contributed by atoms with Crippen molar-refractivity contribution in [3.05, 3.63) is 71.9 Å². The Labute approximate surface area is 839 Å². The lowest BCUT2D eigenvalue weighted by Crippen LogP contribution is -2.62. The van der Waals surface area contributed by atoms with Gasteiger partial charge in [-0.05, 0) is 81.4 Å². The Hall–Kier alpha value is -13.8. The number of amides is 17. The third-order valence-electron chi connectivity index (χ3n) is 23.7. The largest absolute Gasteiger partial charge is 0.480 e. The van der Waals surface area contributed by atoms with Gasteiger partial charge in [0.05, 0.1) is 65.3 Å². The van der Waals surface area contributed by atoms with Gasteiger partial charge in [0.1, 0.15) is 78.9 Å². The van der Waals surface area contributed by atoms with E-state index in [0.717, 1.165) is 56.3 Å². The standard InChI is InChI=1S/C93H148N26O26/c1-2-3-28-63(83(134)111-66-35-37-76(125)100-38-23-22-30-62(82(95)133)107-87(138)68(45-58-47-103-61-29-21-20-27-60(58)61)112-84(135)64(31-24-39-102-93(96)97)108-86(137)67(44-57-25-16-15-17-26-57)113-91(142)72-46-59(122)50-119(72)92(66)143)109-88(139)69(48-104-78(127)51-118(52-80(129)130)53-81(131)132)114-90(141)71(55-121)115-85(136)65(34-36-73(94)123)110-89(140)70(54-120)106-77(126)49-105-79(128)56-145-43-42-144-41-40-101-75(124)33-19-14-12-10-8-6-4-5-7-9-11-13-18-32-74(116-98)117-99/h15-17,20-21,25-27,29,47,59,62-72,103,120-122H,2-14,18-19,22-24,28,30-46,48-56,98-99H2,1H3,(H2,94,123)(H2,95,133)(H,100,125)(H,101,124)(H,104,127)(H,105,128)(H,106,126)(H,107,138)(H,108,137)(H,109,139)(H,110,140)(H,111,134)(H,112,135)(H,113,142)(H,114,141)(H,115,136)(H,116,117)(H,129,130)(H,131,132)(H4,96,97,102)/t59-,62+,63+,64+,65+,66+,67-,68+,69+,70+,71+,72+/m1/s1. The highest BCUT2D eigenvalue weighted by Gasteiger charge is 2.45. The number of carboxylic acid groups (broad SMARTS) is 2. The molecule has 52 heteroatoms. The van der Waals surface area contributed by atoms with Gasteiger partial charge < -0.3 is 153 Å². The number of carbonyl (C=O) groups is 19. The van der Waals surface area contributed by atoms with Crippen LogP contribution < -0.4 is 114 Å². The first-order chi connectivity index (χ1) is 69.4. The van der Waals surface area contributed by atoms with Gasteiger partial charge in [-0.25, -0.2) is 5.84 Å². The maximum atomic E-state index is 15.4. The molecule has 3 aromatic rings. The van der Waals surface area contributed by atoms with Crippen LogP contribution in [0.5, 0.6) is 0 Å². The predicted molar refractivity (Wildman–Crippen MR) is 525 cm³/mol. The van der Waals surface area contributed by atoms with Crippen molar-refractivity contribution in [3.8, 4) is 0 Å². The highest BCUT2D eigenvalue weighted by Crippen LogP contribution is 2.24. The Morgan fingerprint density at radius 3 is 1.74 bits per heavy atom. The summed E-state index contributed by atoms with van der Waals surface area (Å²) in [5.74, 6) is -9.66. The minimum absolute atomic E-state index is 0.0119. The Morgan fingerprint density at radius 2 is 1.12 bits per heavy atom. The van der Waals surface area contributed by atoms with Crippen molar-refractivity contribution in [2.45, 2.75) is 272 Å². The van der Waals surface area contributed by atoms with Crippen molar-refractivity contribution in [2.24, 2.45) is 34.0 Å². The molecule has 0 saturated carbocycles. The number of guanidine groups is 1. The number of hydrogen-bond donors (Lipinski definition) is 28. The van der Waals surface area contributed by atoms with Crippen LogP contribution in [0.15, 0.2) is 65.9 Å². The number of hydrazine groups is 1. The van der Waals surface area contributed by atoms with Crippen LogP contribution in [-0.4, -0.2) is 336 Å². The molecule has 1 aromatic heterocycles. The number of H-pyrrole nitrogens is 1. The van der Waals surface area contributed by atoms with Crippen LogP contribution in [0, 0.1) is 5.41 Å². The number of ether oxygens (including phenoxy) is 2. The lowest BCUT2D eigenvalue weighted by Gasteiger charge is -2.31. The van der Waals surface area contributed by atoms with E-state index < -0.39 is 276 Å². The van der Waals surface area contributed by atoms with Gasteiger partial charge in [-0.3, -0.25) is 101 Å². The molecule has 3 heterocycles. The number of fused-ring (bicyclic) bond motifs is 2. The van der Waals surface area contributed by atoms with Gasteiger partial charge in [-0.1, -0.05) is 139 Å². The molecular formula is C93H148N26O26. The van der Waals surface area contributed by atoms with Crippen molar-refractivity contribution in [1.29, 1.82) is 5.41 Å². The smallest absolute Gasteiger partial charge is 0.317 e. The number of hydrazone groups is 1. The molecule has 0 bridgehead atoms. The Bertz CT molecular complexity index is 4730. The van der Waals surface area contributed by atoms with E-state index in [0.29, 0.717) is 45.6 Å². The summed E-state index contributed by atoms with van der Waals surface area (Å²) in [6.45, 7) is -6.39. The summed E-state index contributed by atoms with van der Waals surface area (Å²) in [4.78, 5) is 267. The third-order valence-corrected chi connectivity index (χ3v) is 23.7. The molecule has 52 nitrogen and oxygen atoms in total. The van der Waals surface area contributed by atoms with Crippen LogP contribution in [0.3, 0.4) is 0 Å². The zero-order valence-electron chi connectivity index (χ0n) is 82.1. The Kier molecular flexibility index (Phi) is 57.4. The number of para-hydroxylation sites is 1. The number of unbranched alkanes of at least 4 members (excludes halogenated alkanes) is 13. The Morgan fingerprint density at radius 1 is 0.559 bits per heavy atom. The van der Waals surface area contributed by atoms with Crippen molar-refractivity contribution in [3.63, 3.8) is 0 Å². The maximum Gasteiger partial charge on any atom is 0.317 e. The number of nitrogens with zero attached hydrogens (tertiary/aromatic N) is 3. The SMILES string of the molecule is CCCC[C@H](NC(=O)[C@H](CNC(=O)CN(CC(=O)O)CC(=O)O)NC(=O)[C@H](CO)NC(=O)[C@H](CCC(N)=O)NC(=O)[C@H](CO)NC(=O)CNC(=O)COCCOCCNC(=O)CCCCCCCCCCCCCCC/C(=N/N)NN)C(=O)N[C@H]1CCC(=O)NCCCC[C@@H](C(N)=O)NC(=O)[C@H](Cc2c[nH]c3ccccc23)NC(=O)[C@H](CCCNC(=N)N)NC(=O)[C@@H](Cc2ccccc2)NC(=O)[C@@H]2C[C@@H](O)CN2C1=O. The number of nitrogens with two attached hydrogens (primary N) is 5. The van der Waals surface area contributed by atoms with E-state index in [1.165, 1.54) is 38.5 Å². The lowest BCUT2D eigenvalue weighted by molar-refractivity contribution is -0.143. The van der Waals surface area contributed by atoms with Gasteiger partial charge in [0, 0.05) is 94.8 Å². The molecule has 2 aliphatic rings. The number of benzene rings is 2. The second-order valence-corrected chi connectivity index (χ2v) is 35.4. The normalized spacial score (nSPS) is 18.4. The summed E-state index contributed by atoms with van der Waals surface area (Å²) < 4.78 is 10.8. The zero-order valence-corrected chi connectivity index (χ0v) is 82.1. The number of carbonyl (C=O) groups excluding carboxylic acids is 17. The summed E-state index contributed by atoms with van der Waals surface area (Å²) in [6.07, 6.45) is 12.4. The molecule has 2 aromatic carbocycles. The molecular weight excluding hydrogens is 1900 g/mol. The summed E-state index contributed by atoms with van der Waals surface area (Å²) in [5, 5.41) is 101. The predicted octanol–water partition coefficient (Wildman–Crippen LogP) is -6.53. The van der Waals surface area contributed by atoms with E-state index in [1.54, 1.807) is 67.7 Å². The summed E-state index contributed by atoms with van der Waals surface area (Å²) in [6, 6.07) is -3.93. The molecule has 0 radical (unpaired) electrons. The number of aliphatic hydroxyl groups is 3. The molecule has 0 aliphatic carbocycles. The molecule has 0 spiro atoms. The highest BCUT2D eigenvalue weighted by atomic mass is 16.5. The van der Waals surface area contributed by atoms with Gasteiger partial charge in [-0.2, -0.15) is 5.10 Å². The summed E-state index contributed by atoms with van der Waals surface area (Å²) >= 11 is 0. The quantitative estimate of drug-likeness (QED) is 0.00821. The second kappa shape index (κ2) is 68.4. The van der Waals surface area contributed by atoms with Crippen LogP contribution >= 0.6 is 0 Å². The van der Waals surface area contributed by atoms with Gasteiger partial charge >= 0.3 is 11.9 Å². The highest BCUT2D eigenvalue weighted by molar-refractivity contribution is 6.01. The maximum absolute atomic E-state index is 15.4. The van der Waals surface area contributed by atoms with Crippen molar-refractivity contribution >= 4 is 135 Å². The average Bonchev–Trinajstić information content (AvgIpc) is 1.68. The van der Waals surface area contributed by atoms with Crippen molar-refractivity contribution < 1.29 is 126 Å². The van der Waals surface area contributed by atoms with Gasteiger partial charge in [-0.15, -0.1) is 0 Å². The fourth-order valence-electron chi connectivity index (χ4n) is 15.9. The number of aliphatic carboxylic acids is 2. The first-order valence-electron chi connectivity index (χ1n) is 49.1. The number of nitrogens with one attached hydrogen (secondary N) is 18. The molecule has 806 valence electrons. The molecule has 2 aliphatic heterocycles. The number of aliphatic hydroxyl groups excluding tert-OH is 3. The summed E-state index contributed by atoms with van der Waals surface area (Å²) in [7, 11) is 0. The van der Waals surface area contributed by atoms with E-state index >= 15 is 19.2 Å². The molecule has 145 heavy (non-hydrogen) atoms. The first-order valence-corrected chi connectivity index (χ1v) is 49.1. The molecule has 2 saturated heterocycles. The topological polar surface area (TPSA) is 825 Å². The zero-order chi connectivity index (χ0) is 107. The van der Waals surface area contributed by atoms with E-state index in [4.69, 9.17) is 43.8 Å². The van der Waals surface area contributed by atoms with E-state index in [-0.39, 0.29) is 103 Å². The van der Waals surface area contributed by atoms with E-state index in [9.17, 15) is 97.5 Å². The second-order valence-electron chi connectivity index (χ2n) is 35.4. The number of amidine groups is 1. The molecule has 17 amide bonds. The number of rotatable bonds is 62. The minimum atomic E-state index is -2.16. The van der Waals surface area contributed by atoms with Gasteiger partial charge in [0.15, 0.2) is 5.96 Å². The van der Waals surface area contributed by atoms with E-state index in [2.05, 4.69) is 95.3 Å².